The van der Waals surface area contributed by atoms with Crippen LogP contribution in [0.4, 0.5) is 0 Å². The van der Waals surface area contributed by atoms with E-state index in [1.54, 1.807) is 42.5 Å². The van der Waals surface area contributed by atoms with Crippen molar-refractivity contribution in [2.75, 3.05) is 7.11 Å². The molecule has 0 radical (unpaired) electrons. The molecule has 7 heteroatoms. The molecule has 26 heavy (non-hydrogen) atoms. The van der Waals surface area contributed by atoms with Crippen molar-refractivity contribution in [3.8, 4) is 0 Å². The highest BCUT2D eigenvalue weighted by molar-refractivity contribution is 6.04. The molecular weight excluding hydrogens is 336 g/mol. The van der Waals surface area contributed by atoms with Gasteiger partial charge in [0.1, 0.15) is 0 Å². The topological polar surface area (TPSA) is 98.0 Å². The van der Waals surface area contributed by atoms with Gasteiger partial charge in [-0.15, -0.1) is 0 Å². The fraction of sp³-hybridized carbons (Fsp3) is 0.0526. The highest BCUT2D eigenvalue weighted by atomic mass is 16.5. The predicted molar refractivity (Wildman–Crippen MR) is 95.9 cm³/mol. The smallest absolute Gasteiger partial charge is 0.340 e. The molecule has 3 aromatic rings. The van der Waals surface area contributed by atoms with Crippen molar-refractivity contribution in [2.45, 2.75) is 0 Å². The molecule has 0 bridgehead atoms. The van der Waals surface area contributed by atoms with Crippen LogP contribution in [-0.4, -0.2) is 35.0 Å². The number of methoxy groups -OCH3 is 1. The van der Waals surface area contributed by atoms with E-state index in [1.165, 1.54) is 25.6 Å². The molecule has 0 amide bonds. The fourth-order valence-corrected chi connectivity index (χ4v) is 2.57. The Bertz CT molecular complexity index is 1100. The third-order valence-corrected chi connectivity index (χ3v) is 3.82. The van der Waals surface area contributed by atoms with Gasteiger partial charge in [0.2, 0.25) is 0 Å². The zero-order chi connectivity index (χ0) is 18.7. The lowest BCUT2D eigenvalue weighted by Crippen LogP contribution is -2.19. The number of carboxylic acid groups (broad SMARTS) is 1. The number of benzene rings is 2. The van der Waals surface area contributed by atoms with Crippen LogP contribution in [0.3, 0.4) is 0 Å². The van der Waals surface area contributed by atoms with Gasteiger partial charge in [-0.3, -0.25) is 4.79 Å². The molecule has 0 aliphatic carbocycles. The Morgan fingerprint density at radius 3 is 2.38 bits per heavy atom. The maximum absolute atomic E-state index is 12.6. The molecule has 1 N–H and O–H groups in total. The molecule has 3 rings (SSSR count). The van der Waals surface area contributed by atoms with Crippen LogP contribution in [0.25, 0.3) is 10.8 Å². The molecular formula is C19H14N2O5. The Morgan fingerprint density at radius 2 is 1.69 bits per heavy atom. The number of esters is 1. The third-order valence-electron chi connectivity index (χ3n) is 3.82. The second kappa shape index (κ2) is 7.02. The first-order valence-corrected chi connectivity index (χ1v) is 7.62. The number of nitrogens with zero attached hydrogens (tertiary/aromatic N) is 2. The van der Waals surface area contributed by atoms with Crippen molar-refractivity contribution in [3.63, 3.8) is 0 Å². The average Bonchev–Trinajstić information content (AvgIpc) is 2.67. The number of pyridine rings is 1. The van der Waals surface area contributed by atoms with Gasteiger partial charge in [-0.1, -0.05) is 36.4 Å². The fourth-order valence-electron chi connectivity index (χ4n) is 2.57. The molecule has 2 aromatic carbocycles. The quantitative estimate of drug-likeness (QED) is 0.575. The van der Waals surface area contributed by atoms with Crippen molar-refractivity contribution >= 4 is 28.9 Å². The summed E-state index contributed by atoms with van der Waals surface area (Å²) in [4.78, 5) is 35.9. The van der Waals surface area contributed by atoms with Crippen molar-refractivity contribution in [1.29, 1.82) is 0 Å². The standard InChI is InChI=1S/C19H14N2O5/c1-26-19(25)16-11-21(17(22)15-9-5-4-8-14(15)16)20-10-12-6-2-3-7-13(12)18(23)24/h2-11H,1H3,(H,23,24)/b20-10+. The van der Waals surface area contributed by atoms with Gasteiger partial charge in [0.15, 0.2) is 0 Å². The number of carbonyl (C=O) groups excluding carboxylic acids is 1. The van der Waals surface area contributed by atoms with Crippen molar-refractivity contribution < 1.29 is 19.4 Å². The van der Waals surface area contributed by atoms with Crippen LogP contribution in [0.1, 0.15) is 26.3 Å². The minimum atomic E-state index is -1.10. The van der Waals surface area contributed by atoms with Gasteiger partial charge in [-0.25, -0.2) is 14.3 Å². The van der Waals surface area contributed by atoms with Gasteiger partial charge in [-0.2, -0.15) is 5.10 Å². The lowest BCUT2D eigenvalue weighted by Gasteiger charge is -2.07. The molecule has 0 saturated heterocycles. The summed E-state index contributed by atoms with van der Waals surface area (Å²) in [7, 11) is 1.25. The summed E-state index contributed by atoms with van der Waals surface area (Å²) >= 11 is 0. The molecule has 0 aliphatic heterocycles. The number of carboxylic acids is 1. The maximum atomic E-state index is 12.6. The molecule has 1 aromatic heterocycles. The van der Waals surface area contributed by atoms with E-state index in [1.807, 2.05) is 0 Å². The van der Waals surface area contributed by atoms with Crippen LogP contribution in [0.5, 0.6) is 0 Å². The van der Waals surface area contributed by atoms with E-state index < -0.39 is 17.5 Å². The maximum Gasteiger partial charge on any atom is 0.340 e. The first-order valence-electron chi connectivity index (χ1n) is 7.62. The van der Waals surface area contributed by atoms with Crippen LogP contribution >= 0.6 is 0 Å². The van der Waals surface area contributed by atoms with Gasteiger partial charge >= 0.3 is 11.9 Å². The van der Waals surface area contributed by atoms with E-state index in [0.29, 0.717) is 16.3 Å². The highest BCUT2D eigenvalue weighted by Gasteiger charge is 2.15. The first kappa shape index (κ1) is 17.1. The Balaban J connectivity index is 2.17. The summed E-state index contributed by atoms with van der Waals surface area (Å²) in [6.45, 7) is 0. The van der Waals surface area contributed by atoms with Gasteiger partial charge in [0.05, 0.1) is 24.5 Å². The van der Waals surface area contributed by atoms with Crippen molar-refractivity contribution in [3.05, 3.63) is 81.8 Å². The molecule has 0 unspecified atom stereocenters. The van der Waals surface area contributed by atoms with Crippen LogP contribution in [0.15, 0.2) is 64.6 Å². The zero-order valence-electron chi connectivity index (χ0n) is 13.7. The second-order valence-corrected chi connectivity index (χ2v) is 5.37. The van der Waals surface area contributed by atoms with E-state index in [-0.39, 0.29) is 11.1 Å². The second-order valence-electron chi connectivity index (χ2n) is 5.37. The minimum Gasteiger partial charge on any atom is -0.478 e. The average molecular weight is 350 g/mol. The van der Waals surface area contributed by atoms with Gasteiger partial charge in [0.25, 0.3) is 5.56 Å². The lowest BCUT2D eigenvalue weighted by molar-refractivity contribution is 0.0601. The van der Waals surface area contributed by atoms with Gasteiger partial charge in [-0.05, 0) is 12.1 Å². The molecule has 0 saturated carbocycles. The summed E-state index contributed by atoms with van der Waals surface area (Å²) < 4.78 is 5.76. The van der Waals surface area contributed by atoms with Crippen LogP contribution < -0.4 is 5.56 Å². The Labute approximate surface area is 147 Å². The van der Waals surface area contributed by atoms with E-state index in [4.69, 9.17) is 4.74 Å². The van der Waals surface area contributed by atoms with E-state index in [2.05, 4.69) is 5.10 Å². The Kier molecular flexibility index (Phi) is 4.62. The summed E-state index contributed by atoms with van der Waals surface area (Å²) in [6, 6.07) is 12.9. The molecule has 7 nitrogen and oxygen atoms in total. The van der Waals surface area contributed by atoms with Gasteiger partial charge < -0.3 is 9.84 Å². The molecule has 130 valence electrons. The third kappa shape index (κ3) is 3.10. The monoisotopic (exact) mass is 350 g/mol. The minimum absolute atomic E-state index is 0.0540. The molecule has 1 heterocycles. The number of fused-ring (bicyclic) bond motifs is 1. The molecule has 0 atom stereocenters. The lowest BCUT2D eigenvalue weighted by atomic mass is 10.1. The summed E-state index contributed by atoms with van der Waals surface area (Å²) in [5.41, 5.74) is 0.140. The van der Waals surface area contributed by atoms with E-state index in [9.17, 15) is 19.5 Å². The van der Waals surface area contributed by atoms with Crippen LogP contribution in [0, 0.1) is 0 Å². The SMILES string of the molecule is COC(=O)c1cn(/N=C/c2ccccc2C(=O)O)c(=O)c2ccccc12. The largest absolute Gasteiger partial charge is 0.478 e. The van der Waals surface area contributed by atoms with Crippen LogP contribution in [-0.2, 0) is 4.74 Å². The van der Waals surface area contributed by atoms with Crippen LogP contribution in [0.2, 0.25) is 0 Å². The van der Waals surface area contributed by atoms with E-state index in [0.717, 1.165) is 4.68 Å². The molecule has 0 fully saturated rings. The number of carbonyl (C=O) groups is 2. The number of aromatic carboxylic acids is 1. The summed E-state index contributed by atoms with van der Waals surface area (Å²) in [5, 5.41) is 14.0. The van der Waals surface area contributed by atoms with E-state index >= 15 is 0 Å². The van der Waals surface area contributed by atoms with Crippen molar-refractivity contribution in [1.82, 2.24) is 4.68 Å². The number of rotatable bonds is 4. The zero-order valence-corrected chi connectivity index (χ0v) is 13.7. The Morgan fingerprint density at radius 1 is 1.04 bits per heavy atom. The number of hydrogen-bond acceptors (Lipinski definition) is 5. The molecule has 0 aliphatic rings. The number of hydrogen-bond donors (Lipinski definition) is 1. The van der Waals surface area contributed by atoms with Crippen molar-refractivity contribution in [2.24, 2.45) is 5.10 Å². The Hall–Kier alpha value is -3.74. The normalized spacial score (nSPS) is 11.0. The highest BCUT2D eigenvalue weighted by Crippen LogP contribution is 2.16. The number of ether oxygens (including phenoxy) is 1. The first-order chi connectivity index (χ1) is 12.5. The predicted octanol–water partition coefficient (Wildman–Crippen LogP) is 2.37. The molecule has 0 spiro atoms. The summed E-state index contributed by atoms with van der Waals surface area (Å²) in [5.74, 6) is -1.70. The number of aromatic nitrogens is 1. The van der Waals surface area contributed by atoms with Gasteiger partial charge in [0, 0.05) is 22.5 Å². The summed E-state index contributed by atoms with van der Waals surface area (Å²) in [6.07, 6.45) is 2.54.